The Kier molecular flexibility index (Phi) is 6.16. The number of carbonyl (C=O) groups is 1. The van der Waals surface area contributed by atoms with Gasteiger partial charge in [-0.15, -0.1) is 0 Å². The van der Waals surface area contributed by atoms with Crippen molar-refractivity contribution < 1.29 is 9.53 Å². The highest BCUT2D eigenvalue weighted by atomic mass is 35.5. The van der Waals surface area contributed by atoms with Crippen molar-refractivity contribution in [3.63, 3.8) is 0 Å². The number of methoxy groups -OCH3 is 1. The summed E-state index contributed by atoms with van der Waals surface area (Å²) in [6.45, 7) is 0.447. The summed E-state index contributed by atoms with van der Waals surface area (Å²) in [6, 6.07) is 16.8. The number of anilines is 1. The zero-order valence-electron chi connectivity index (χ0n) is 16.1. The Balaban J connectivity index is 1.74. The molecule has 0 aliphatic carbocycles. The Morgan fingerprint density at radius 1 is 1.14 bits per heavy atom. The molecule has 3 aromatic rings. The molecule has 0 spiro atoms. The third-order valence-electron chi connectivity index (χ3n) is 4.38. The van der Waals surface area contributed by atoms with E-state index in [2.05, 4.69) is 10.3 Å². The van der Waals surface area contributed by atoms with Gasteiger partial charge < -0.3 is 15.0 Å². The topological polar surface area (TPSA) is 54.5 Å². The second-order valence-electron chi connectivity index (χ2n) is 6.49. The van der Waals surface area contributed by atoms with Crippen LogP contribution in [0.15, 0.2) is 60.8 Å². The van der Waals surface area contributed by atoms with Gasteiger partial charge in [0, 0.05) is 43.7 Å². The lowest BCUT2D eigenvalue weighted by atomic mass is 10.1. The molecule has 5 nitrogen and oxygen atoms in total. The third kappa shape index (κ3) is 4.43. The molecule has 3 rings (SSSR count). The van der Waals surface area contributed by atoms with Gasteiger partial charge in [-0.2, -0.15) is 0 Å². The van der Waals surface area contributed by atoms with Crippen LogP contribution < -0.4 is 15.0 Å². The minimum Gasteiger partial charge on any atom is -0.496 e. The van der Waals surface area contributed by atoms with Crippen LogP contribution in [0.1, 0.15) is 15.9 Å². The molecule has 1 aromatic heterocycles. The van der Waals surface area contributed by atoms with E-state index in [1.54, 1.807) is 43.6 Å². The molecule has 0 fully saturated rings. The highest BCUT2D eigenvalue weighted by molar-refractivity contribution is 6.33. The molecule has 0 saturated heterocycles. The number of aromatic nitrogens is 1. The molecular formula is C22H22ClN3O2. The SMILES string of the molecule is COc1cc(C(=O)NCc2ccc(N(C)C)cc2)ccc1-c1ncccc1Cl. The maximum absolute atomic E-state index is 12.6. The first kappa shape index (κ1) is 19.7. The van der Waals surface area contributed by atoms with Gasteiger partial charge in [-0.25, -0.2) is 0 Å². The number of halogens is 1. The van der Waals surface area contributed by atoms with Crippen LogP contribution in [-0.4, -0.2) is 32.1 Å². The Labute approximate surface area is 169 Å². The lowest BCUT2D eigenvalue weighted by molar-refractivity contribution is 0.0950. The van der Waals surface area contributed by atoms with E-state index in [1.165, 1.54) is 0 Å². The standard InChI is InChI=1S/C22H22ClN3O2/c1-26(2)17-9-6-15(7-10-17)14-25-22(27)16-8-11-18(20(13-16)28-3)21-19(23)5-4-12-24-21/h4-13H,14H2,1-3H3,(H,25,27). The van der Waals surface area contributed by atoms with Gasteiger partial charge in [0.05, 0.1) is 17.8 Å². The van der Waals surface area contributed by atoms with Gasteiger partial charge in [0.15, 0.2) is 0 Å². The molecule has 28 heavy (non-hydrogen) atoms. The van der Waals surface area contributed by atoms with Crippen molar-refractivity contribution in [1.29, 1.82) is 0 Å². The summed E-state index contributed by atoms with van der Waals surface area (Å²) in [5.41, 5.74) is 4.02. The fourth-order valence-electron chi connectivity index (χ4n) is 2.81. The molecule has 1 amide bonds. The van der Waals surface area contributed by atoms with Crippen molar-refractivity contribution in [2.45, 2.75) is 6.54 Å². The zero-order chi connectivity index (χ0) is 20.1. The van der Waals surface area contributed by atoms with Crippen LogP contribution in [0.3, 0.4) is 0 Å². The fourth-order valence-corrected chi connectivity index (χ4v) is 3.03. The van der Waals surface area contributed by atoms with Crippen LogP contribution in [0.5, 0.6) is 5.75 Å². The predicted molar refractivity (Wildman–Crippen MR) is 113 cm³/mol. The van der Waals surface area contributed by atoms with Crippen LogP contribution in [0.2, 0.25) is 5.02 Å². The number of amides is 1. The van der Waals surface area contributed by atoms with Crippen molar-refractivity contribution in [2.24, 2.45) is 0 Å². The minimum absolute atomic E-state index is 0.173. The summed E-state index contributed by atoms with van der Waals surface area (Å²) in [5.74, 6) is 0.372. The first-order valence-electron chi connectivity index (χ1n) is 8.83. The molecule has 0 atom stereocenters. The van der Waals surface area contributed by atoms with Gasteiger partial charge in [0.1, 0.15) is 5.75 Å². The minimum atomic E-state index is -0.173. The lowest BCUT2D eigenvalue weighted by Crippen LogP contribution is -2.22. The largest absolute Gasteiger partial charge is 0.496 e. The maximum Gasteiger partial charge on any atom is 0.251 e. The van der Waals surface area contributed by atoms with Gasteiger partial charge in [-0.3, -0.25) is 9.78 Å². The predicted octanol–water partition coefficient (Wildman–Crippen LogP) is 4.41. The van der Waals surface area contributed by atoms with E-state index in [4.69, 9.17) is 16.3 Å². The molecule has 0 radical (unpaired) electrons. The Bertz CT molecular complexity index is 972. The number of rotatable bonds is 6. The molecule has 0 aliphatic rings. The van der Waals surface area contributed by atoms with Crippen molar-refractivity contribution in [3.05, 3.63) is 76.9 Å². The number of nitrogens with zero attached hydrogens (tertiary/aromatic N) is 2. The molecular weight excluding hydrogens is 374 g/mol. The van der Waals surface area contributed by atoms with Gasteiger partial charge >= 0.3 is 0 Å². The maximum atomic E-state index is 12.6. The second kappa shape index (κ2) is 8.76. The fraction of sp³-hybridized carbons (Fsp3) is 0.182. The Morgan fingerprint density at radius 3 is 2.54 bits per heavy atom. The molecule has 0 saturated carbocycles. The highest BCUT2D eigenvalue weighted by Gasteiger charge is 2.14. The van der Waals surface area contributed by atoms with Crippen LogP contribution >= 0.6 is 11.6 Å². The second-order valence-corrected chi connectivity index (χ2v) is 6.90. The van der Waals surface area contributed by atoms with E-state index in [9.17, 15) is 4.79 Å². The van der Waals surface area contributed by atoms with E-state index in [-0.39, 0.29) is 5.91 Å². The summed E-state index contributed by atoms with van der Waals surface area (Å²) in [7, 11) is 5.54. The molecule has 1 N–H and O–H groups in total. The summed E-state index contributed by atoms with van der Waals surface area (Å²) in [5, 5.41) is 3.46. The molecule has 6 heteroatoms. The van der Waals surface area contributed by atoms with Crippen molar-refractivity contribution in [2.75, 3.05) is 26.1 Å². The normalized spacial score (nSPS) is 10.4. The molecule has 0 unspecified atom stereocenters. The van der Waals surface area contributed by atoms with E-state index in [1.807, 2.05) is 43.3 Å². The molecule has 0 aliphatic heterocycles. The highest BCUT2D eigenvalue weighted by Crippen LogP contribution is 2.33. The molecule has 1 heterocycles. The smallest absolute Gasteiger partial charge is 0.251 e. The van der Waals surface area contributed by atoms with Crippen molar-refractivity contribution in [1.82, 2.24) is 10.3 Å². The summed E-state index contributed by atoms with van der Waals surface area (Å²) < 4.78 is 5.46. The Hall–Kier alpha value is -3.05. The number of ether oxygens (including phenoxy) is 1. The Morgan fingerprint density at radius 2 is 1.89 bits per heavy atom. The van der Waals surface area contributed by atoms with E-state index in [0.29, 0.717) is 28.6 Å². The van der Waals surface area contributed by atoms with Gasteiger partial charge in [-0.05, 0) is 48.0 Å². The molecule has 144 valence electrons. The monoisotopic (exact) mass is 395 g/mol. The van der Waals surface area contributed by atoms with E-state index >= 15 is 0 Å². The van der Waals surface area contributed by atoms with E-state index < -0.39 is 0 Å². The van der Waals surface area contributed by atoms with Gasteiger partial charge in [0.2, 0.25) is 0 Å². The van der Waals surface area contributed by atoms with Crippen molar-refractivity contribution >= 4 is 23.2 Å². The van der Waals surface area contributed by atoms with E-state index in [0.717, 1.165) is 16.8 Å². The first-order chi connectivity index (χ1) is 13.5. The summed E-state index contributed by atoms with van der Waals surface area (Å²) >= 11 is 6.24. The number of hydrogen-bond donors (Lipinski definition) is 1. The first-order valence-corrected chi connectivity index (χ1v) is 9.21. The summed E-state index contributed by atoms with van der Waals surface area (Å²) in [6.07, 6.45) is 1.67. The third-order valence-corrected chi connectivity index (χ3v) is 4.69. The number of nitrogens with one attached hydrogen (secondary N) is 1. The van der Waals surface area contributed by atoms with Crippen LogP contribution in [-0.2, 0) is 6.54 Å². The van der Waals surface area contributed by atoms with Crippen molar-refractivity contribution in [3.8, 4) is 17.0 Å². The van der Waals surface area contributed by atoms with Crippen LogP contribution in [0.4, 0.5) is 5.69 Å². The zero-order valence-corrected chi connectivity index (χ0v) is 16.8. The quantitative estimate of drug-likeness (QED) is 0.671. The molecule has 2 aromatic carbocycles. The molecule has 0 bridgehead atoms. The number of pyridine rings is 1. The van der Waals surface area contributed by atoms with Crippen LogP contribution in [0, 0.1) is 0 Å². The van der Waals surface area contributed by atoms with Gasteiger partial charge in [-0.1, -0.05) is 23.7 Å². The van der Waals surface area contributed by atoms with Gasteiger partial charge in [0.25, 0.3) is 5.91 Å². The number of carbonyl (C=O) groups excluding carboxylic acids is 1. The van der Waals surface area contributed by atoms with Crippen LogP contribution in [0.25, 0.3) is 11.3 Å². The summed E-state index contributed by atoms with van der Waals surface area (Å²) in [4.78, 5) is 18.9. The number of benzene rings is 2. The average molecular weight is 396 g/mol. The average Bonchev–Trinajstić information content (AvgIpc) is 2.72. The lowest BCUT2D eigenvalue weighted by Gasteiger charge is -2.13. The number of hydrogen-bond acceptors (Lipinski definition) is 4.